The molecule has 16 heavy (non-hydrogen) atoms. The maximum atomic E-state index is 13.3. The number of hydrogen-bond acceptors (Lipinski definition) is 2. The molecule has 2 N–H and O–H groups in total. The number of amides is 1. The molecular weight excluding hydrogens is 277 g/mol. The number of nitrogens with one attached hydrogen (secondary N) is 1. The molecule has 0 heterocycles. The lowest BCUT2D eigenvalue weighted by Gasteiger charge is -2.05. The monoisotopic (exact) mass is 289 g/mol. The zero-order valence-corrected chi connectivity index (χ0v) is 10.3. The van der Waals surface area contributed by atoms with Crippen molar-refractivity contribution in [1.82, 2.24) is 5.32 Å². The van der Waals surface area contributed by atoms with E-state index in [1.807, 2.05) is 0 Å². The fraction of sp³-hybridized carbons (Fsp3) is 0.364. The lowest BCUT2D eigenvalue weighted by Crippen LogP contribution is -2.26. The second kappa shape index (κ2) is 6.60. The van der Waals surface area contributed by atoms with Crippen molar-refractivity contribution in [1.29, 1.82) is 0 Å². The molecule has 0 saturated heterocycles. The van der Waals surface area contributed by atoms with Crippen LogP contribution in [-0.4, -0.2) is 24.2 Å². The molecule has 88 valence electrons. The summed E-state index contributed by atoms with van der Waals surface area (Å²) in [5, 5.41) is 11.1. The van der Waals surface area contributed by atoms with E-state index in [1.165, 1.54) is 6.07 Å². The van der Waals surface area contributed by atoms with Gasteiger partial charge in [-0.15, -0.1) is 0 Å². The molecule has 0 bridgehead atoms. The highest BCUT2D eigenvalue weighted by Gasteiger charge is 2.08. The van der Waals surface area contributed by atoms with Gasteiger partial charge in [0.1, 0.15) is 5.82 Å². The average molecular weight is 290 g/mol. The summed E-state index contributed by atoms with van der Waals surface area (Å²) in [4.78, 5) is 11.4. The SMILES string of the molecule is O=C(Cc1cc(Br)ccc1F)NCCCO. The van der Waals surface area contributed by atoms with Crippen LogP contribution in [-0.2, 0) is 11.2 Å². The van der Waals surface area contributed by atoms with E-state index in [0.717, 1.165) is 4.47 Å². The molecule has 3 nitrogen and oxygen atoms in total. The van der Waals surface area contributed by atoms with Crippen molar-refractivity contribution in [2.24, 2.45) is 0 Å². The van der Waals surface area contributed by atoms with Gasteiger partial charge in [-0.2, -0.15) is 0 Å². The molecule has 5 heteroatoms. The number of halogens is 2. The highest BCUT2D eigenvalue weighted by atomic mass is 79.9. The van der Waals surface area contributed by atoms with Crippen LogP contribution < -0.4 is 5.32 Å². The van der Waals surface area contributed by atoms with E-state index in [0.29, 0.717) is 18.5 Å². The van der Waals surface area contributed by atoms with Crippen molar-refractivity contribution in [3.05, 3.63) is 34.1 Å². The van der Waals surface area contributed by atoms with Crippen LogP contribution in [0.5, 0.6) is 0 Å². The molecule has 1 rings (SSSR count). The Labute approximate surface area is 102 Å². The van der Waals surface area contributed by atoms with Crippen LogP contribution in [0.25, 0.3) is 0 Å². The second-order valence-corrected chi connectivity index (χ2v) is 4.26. The minimum atomic E-state index is -0.388. The molecule has 1 aromatic carbocycles. The predicted octanol–water partition coefficient (Wildman–Crippen LogP) is 1.63. The maximum Gasteiger partial charge on any atom is 0.224 e. The number of benzene rings is 1. The quantitative estimate of drug-likeness (QED) is 0.810. The molecule has 0 unspecified atom stereocenters. The maximum absolute atomic E-state index is 13.3. The topological polar surface area (TPSA) is 49.3 Å². The minimum absolute atomic E-state index is 0.0106. The van der Waals surface area contributed by atoms with Crippen molar-refractivity contribution < 1.29 is 14.3 Å². The normalized spacial score (nSPS) is 10.2. The average Bonchev–Trinajstić information content (AvgIpc) is 2.24. The first-order valence-electron chi connectivity index (χ1n) is 4.95. The van der Waals surface area contributed by atoms with Gasteiger partial charge in [0, 0.05) is 17.6 Å². The van der Waals surface area contributed by atoms with Crippen molar-refractivity contribution >= 4 is 21.8 Å². The largest absolute Gasteiger partial charge is 0.396 e. The van der Waals surface area contributed by atoms with Gasteiger partial charge in [-0.05, 0) is 30.2 Å². The molecule has 1 aromatic rings. The number of aliphatic hydroxyl groups is 1. The van der Waals surface area contributed by atoms with E-state index in [9.17, 15) is 9.18 Å². The molecule has 0 radical (unpaired) electrons. The predicted molar refractivity (Wildman–Crippen MR) is 62.5 cm³/mol. The Balaban J connectivity index is 2.52. The fourth-order valence-corrected chi connectivity index (χ4v) is 1.63. The standard InChI is InChI=1S/C11H13BrFNO2/c12-9-2-3-10(13)8(6-9)7-11(16)14-4-1-5-15/h2-3,6,15H,1,4-5,7H2,(H,14,16). The van der Waals surface area contributed by atoms with Crippen LogP contribution in [0.3, 0.4) is 0 Å². The molecule has 0 aliphatic rings. The fourth-order valence-electron chi connectivity index (χ4n) is 1.22. The summed E-state index contributed by atoms with van der Waals surface area (Å²) in [6.07, 6.45) is 0.517. The van der Waals surface area contributed by atoms with Crippen molar-refractivity contribution in [3.63, 3.8) is 0 Å². The van der Waals surface area contributed by atoms with Crippen LogP contribution in [0.2, 0.25) is 0 Å². The van der Waals surface area contributed by atoms with E-state index >= 15 is 0 Å². The number of carbonyl (C=O) groups is 1. The van der Waals surface area contributed by atoms with Gasteiger partial charge >= 0.3 is 0 Å². The van der Waals surface area contributed by atoms with Gasteiger partial charge in [0.25, 0.3) is 0 Å². The van der Waals surface area contributed by atoms with E-state index in [1.54, 1.807) is 12.1 Å². The van der Waals surface area contributed by atoms with Crippen molar-refractivity contribution in [3.8, 4) is 0 Å². The Kier molecular flexibility index (Phi) is 5.42. The Morgan fingerprint density at radius 3 is 2.94 bits per heavy atom. The first kappa shape index (κ1) is 13.1. The van der Waals surface area contributed by atoms with Gasteiger partial charge in [-0.3, -0.25) is 4.79 Å². The van der Waals surface area contributed by atoms with Gasteiger partial charge in [0.2, 0.25) is 5.91 Å². The second-order valence-electron chi connectivity index (χ2n) is 3.34. The number of hydrogen-bond donors (Lipinski definition) is 2. The summed E-state index contributed by atoms with van der Waals surface area (Å²) in [6, 6.07) is 4.49. The highest BCUT2D eigenvalue weighted by Crippen LogP contribution is 2.15. The number of aliphatic hydroxyl groups excluding tert-OH is 1. The van der Waals surface area contributed by atoms with Crippen LogP contribution in [0.1, 0.15) is 12.0 Å². The van der Waals surface area contributed by atoms with Gasteiger partial charge < -0.3 is 10.4 Å². The minimum Gasteiger partial charge on any atom is -0.396 e. The molecule has 1 amide bonds. The Morgan fingerprint density at radius 1 is 1.50 bits per heavy atom. The molecular formula is C11H13BrFNO2. The Morgan fingerprint density at radius 2 is 2.25 bits per heavy atom. The lowest BCUT2D eigenvalue weighted by atomic mass is 10.1. The third-order valence-corrected chi connectivity index (χ3v) is 2.51. The summed E-state index contributed by atoms with van der Waals surface area (Å²) in [7, 11) is 0. The molecule has 0 fully saturated rings. The van der Waals surface area contributed by atoms with E-state index in [2.05, 4.69) is 21.2 Å². The van der Waals surface area contributed by atoms with Crippen LogP contribution in [0, 0.1) is 5.82 Å². The lowest BCUT2D eigenvalue weighted by molar-refractivity contribution is -0.120. The first-order valence-corrected chi connectivity index (χ1v) is 5.74. The highest BCUT2D eigenvalue weighted by molar-refractivity contribution is 9.10. The zero-order chi connectivity index (χ0) is 12.0. The van der Waals surface area contributed by atoms with E-state index in [4.69, 9.17) is 5.11 Å². The number of carbonyl (C=O) groups excluding carboxylic acids is 1. The summed E-state index contributed by atoms with van der Waals surface area (Å²) in [5.41, 5.74) is 0.357. The molecule has 0 saturated carbocycles. The van der Waals surface area contributed by atoms with Gasteiger partial charge in [-0.1, -0.05) is 15.9 Å². The molecule has 0 aliphatic heterocycles. The molecule has 0 spiro atoms. The van der Waals surface area contributed by atoms with Crippen LogP contribution in [0.4, 0.5) is 4.39 Å². The molecule has 0 aliphatic carbocycles. The Bertz CT molecular complexity index is 371. The van der Waals surface area contributed by atoms with Crippen LogP contribution >= 0.6 is 15.9 Å². The first-order chi connectivity index (χ1) is 7.63. The third-order valence-electron chi connectivity index (χ3n) is 2.02. The number of rotatable bonds is 5. The third kappa shape index (κ3) is 4.28. The van der Waals surface area contributed by atoms with Crippen LogP contribution in [0.15, 0.2) is 22.7 Å². The van der Waals surface area contributed by atoms with Crippen molar-refractivity contribution in [2.75, 3.05) is 13.2 Å². The zero-order valence-electron chi connectivity index (χ0n) is 8.67. The molecule has 0 aromatic heterocycles. The summed E-state index contributed by atoms with van der Waals surface area (Å²) >= 11 is 3.22. The Hall–Kier alpha value is -0.940. The van der Waals surface area contributed by atoms with E-state index in [-0.39, 0.29) is 24.8 Å². The molecule has 0 atom stereocenters. The smallest absolute Gasteiger partial charge is 0.224 e. The van der Waals surface area contributed by atoms with Crippen molar-refractivity contribution in [2.45, 2.75) is 12.8 Å². The van der Waals surface area contributed by atoms with Gasteiger partial charge in [-0.25, -0.2) is 4.39 Å². The summed E-state index contributed by atoms with van der Waals surface area (Å²) < 4.78 is 14.0. The summed E-state index contributed by atoms with van der Waals surface area (Å²) in [5.74, 6) is -0.633. The van der Waals surface area contributed by atoms with Gasteiger partial charge in [0.15, 0.2) is 0 Å². The van der Waals surface area contributed by atoms with E-state index < -0.39 is 0 Å². The summed E-state index contributed by atoms with van der Waals surface area (Å²) in [6.45, 7) is 0.441. The van der Waals surface area contributed by atoms with Gasteiger partial charge in [0.05, 0.1) is 6.42 Å².